The van der Waals surface area contributed by atoms with Crippen molar-refractivity contribution < 1.29 is 9.47 Å². The Morgan fingerprint density at radius 1 is 1.35 bits per heavy atom. The van der Waals surface area contributed by atoms with Gasteiger partial charge in [-0.1, -0.05) is 6.92 Å². The van der Waals surface area contributed by atoms with Gasteiger partial charge in [0.1, 0.15) is 0 Å². The van der Waals surface area contributed by atoms with Crippen LogP contribution in [0.1, 0.15) is 26.2 Å². The van der Waals surface area contributed by atoms with Gasteiger partial charge < -0.3 is 15.2 Å². The summed E-state index contributed by atoms with van der Waals surface area (Å²) in [4.78, 5) is 0. The summed E-state index contributed by atoms with van der Waals surface area (Å²) in [7, 11) is 1.64. The van der Waals surface area contributed by atoms with Gasteiger partial charge in [-0.3, -0.25) is 0 Å². The van der Waals surface area contributed by atoms with Crippen molar-refractivity contribution in [2.45, 2.75) is 26.2 Å². The summed E-state index contributed by atoms with van der Waals surface area (Å²) in [6.07, 6.45) is 3.76. The molecule has 0 radical (unpaired) electrons. The van der Waals surface area contributed by atoms with Gasteiger partial charge in [0.15, 0.2) is 11.5 Å². The molecule has 2 rings (SSSR count). The number of hydrogen-bond acceptors (Lipinski definition) is 3. The number of methoxy groups -OCH3 is 1. The minimum atomic E-state index is 0.705. The van der Waals surface area contributed by atoms with Gasteiger partial charge in [0.25, 0.3) is 0 Å². The Bertz CT molecular complexity index is 378. The first-order valence-corrected chi connectivity index (χ1v) is 6.27. The van der Waals surface area contributed by atoms with Gasteiger partial charge >= 0.3 is 0 Å². The molecule has 2 N–H and O–H groups in total. The van der Waals surface area contributed by atoms with Crippen molar-refractivity contribution in [3.63, 3.8) is 0 Å². The van der Waals surface area contributed by atoms with Crippen LogP contribution in [-0.4, -0.2) is 13.7 Å². The summed E-state index contributed by atoms with van der Waals surface area (Å²) in [6, 6.07) is 5.48. The summed E-state index contributed by atoms with van der Waals surface area (Å²) in [5, 5.41) is 0. The van der Waals surface area contributed by atoms with Crippen molar-refractivity contribution in [3.05, 3.63) is 18.2 Å². The van der Waals surface area contributed by atoms with Crippen LogP contribution < -0.4 is 15.2 Å². The molecule has 0 unspecified atom stereocenters. The molecule has 0 aliphatic heterocycles. The molecule has 2 atom stereocenters. The summed E-state index contributed by atoms with van der Waals surface area (Å²) >= 11 is 0. The standard InChI is InChI=1S/C14H21NO2/c1-10-8-11(10)4-3-7-17-14-9-12(15)5-6-13(14)16-2/h5-6,9-11H,3-4,7-8,15H2,1-2H3/t10-,11-/m0/s1. The van der Waals surface area contributed by atoms with E-state index in [1.807, 2.05) is 18.2 Å². The van der Waals surface area contributed by atoms with E-state index in [1.54, 1.807) is 7.11 Å². The van der Waals surface area contributed by atoms with Gasteiger partial charge in [0, 0.05) is 11.8 Å². The number of nitrogen functional groups attached to an aromatic ring is 1. The van der Waals surface area contributed by atoms with Crippen molar-refractivity contribution in [1.29, 1.82) is 0 Å². The fourth-order valence-electron chi connectivity index (χ4n) is 2.14. The molecular formula is C14H21NO2. The van der Waals surface area contributed by atoms with E-state index >= 15 is 0 Å². The molecule has 1 saturated carbocycles. The molecule has 1 aromatic carbocycles. The number of rotatable bonds is 6. The molecule has 17 heavy (non-hydrogen) atoms. The van der Waals surface area contributed by atoms with Gasteiger partial charge in [0.2, 0.25) is 0 Å². The molecule has 3 nitrogen and oxygen atoms in total. The van der Waals surface area contributed by atoms with Crippen LogP contribution in [0.15, 0.2) is 18.2 Å². The van der Waals surface area contributed by atoms with Crippen LogP contribution >= 0.6 is 0 Å². The number of nitrogens with two attached hydrogens (primary N) is 1. The lowest BCUT2D eigenvalue weighted by Crippen LogP contribution is -2.00. The van der Waals surface area contributed by atoms with Crippen molar-refractivity contribution in [3.8, 4) is 11.5 Å². The van der Waals surface area contributed by atoms with Crippen LogP contribution in [0.4, 0.5) is 5.69 Å². The number of anilines is 1. The molecule has 0 amide bonds. The summed E-state index contributed by atoms with van der Waals surface area (Å²) in [5.41, 5.74) is 6.43. The second-order valence-electron chi connectivity index (χ2n) is 4.87. The largest absolute Gasteiger partial charge is 0.493 e. The van der Waals surface area contributed by atoms with Gasteiger partial charge in [-0.05, 0) is 43.2 Å². The van der Waals surface area contributed by atoms with E-state index in [9.17, 15) is 0 Å². The second-order valence-corrected chi connectivity index (χ2v) is 4.87. The Morgan fingerprint density at radius 2 is 2.12 bits per heavy atom. The molecule has 1 fully saturated rings. The topological polar surface area (TPSA) is 44.5 Å². The normalized spacial score (nSPS) is 22.2. The van der Waals surface area contributed by atoms with Crippen molar-refractivity contribution >= 4 is 5.69 Å². The Labute approximate surface area is 103 Å². The van der Waals surface area contributed by atoms with Crippen LogP contribution in [0, 0.1) is 11.8 Å². The zero-order valence-corrected chi connectivity index (χ0v) is 10.6. The van der Waals surface area contributed by atoms with Crippen LogP contribution in [0.2, 0.25) is 0 Å². The fourth-order valence-corrected chi connectivity index (χ4v) is 2.14. The van der Waals surface area contributed by atoms with Crippen LogP contribution in [0.25, 0.3) is 0 Å². The van der Waals surface area contributed by atoms with Crippen LogP contribution in [-0.2, 0) is 0 Å². The highest BCUT2D eigenvalue weighted by Crippen LogP contribution is 2.41. The first kappa shape index (κ1) is 12.1. The SMILES string of the molecule is COc1ccc(N)cc1OCCC[C@H]1C[C@@H]1C. The van der Waals surface area contributed by atoms with E-state index in [0.717, 1.165) is 36.4 Å². The Morgan fingerprint density at radius 3 is 2.76 bits per heavy atom. The summed E-state index contributed by atoms with van der Waals surface area (Å²) in [6.45, 7) is 3.05. The van der Waals surface area contributed by atoms with Crippen molar-refractivity contribution in [2.75, 3.05) is 19.5 Å². The first-order valence-electron chi connectivity index (χ1n) is 6.27. The molecule has 1 aliphatic rings. The highest BCUT2D eigenvalue weighted by Gasteiger charge is 2.31. The Balaban J connectivity index is 1.79. The lowest BCUT2D eigenvalue weighted by Gasteiger charge is -2.11. The molecule has 3 heteroatoms. The van der Waals surface area contributed by atoms with E-state index in [1.165, 1.54) is 12.8 Å². The lowest BCUT2D eigenvalue weighted by atomic mass is 10.2. The summed E-state index contributed by atoms with van der Waals surface area (Å²) in [5.74, 6) is 3.36. The number of hydrogen-bond donors (Lipinski definition) is 1. The quantitative estimate of drug-likeness (QED) is 0.608. The Hall–Kier alpha value is -1.38. The highest BCUT2D eigenvalue weighted by molar-refractivity contribution is 5.51. The smallest absolute Gasteiger partial charge is 0.163 e. The van der Waals surface area contributed by atoms with E-state index in [-0.39, 0.29) is 0 Å². The molecule has 1 aromatic rings. The van der Waals surface area contributed by atoms with Crippen molar-refractivity contribution in [1.82, 2.24) is 0 Å². The third kappa shape index (κ3) is 3.29. The van der Waals surface area contributed by atoms with E-state index < -0.39 is 0 Å². The maximum absolute atomic E-state index is 5.73. The Kier molecular flexibility index (Phi) is 3.77. The van der Waals surface area contributed by atoms with Gasteiger partial charge in [-0.15, -0.1) is 0 Å². The van der Waals surface area contributed by atoms with Gasteiger partial charge in [-0.2, -0.15) is 0 Å². The molecular weight excluding hydrogens is 214 g/mol. The zero-order chi connectivity index (χ0) is 12.3. The highest BCUT2D eigenvalue weighted by atomic mass is 16.5. The summed E-state index contributed by atoms with van der Waals surface area (Å²) < 4.78 is 10.9. The molecule has 0 saturated heterocycles. The lowest BCUT2D eigenvalue weighted by molar-refractivity contribution is 0.283. The third-order valence-electron chi connectivity index (χ3n) is 3.44. The van der Waals surface area contributed by atoms with Crippen LogP contribution in [0.3, 0.4) is 0 Å². The monoisotopic (exact) mass is 235 g/mol. The van der Waals surface area contributed by atoms with Crippen LogP contribution in [0.5, 0.6) is 11.5 Å². The molecule has 0 heterocycles. The predicted octanol–water partition coefficient (Wildman–Crippen LogP) is 3.09. The molecule has 0 bridgehead atoms. The molecule has 94 valence electrons. The minimum Gasteiger partial charge on any atom is -0.493 e. The van der Waals surface area contributed by atoms with Gasteiger partial charge in [0.05, 0.1) is 13.7 Å². The molecule has 0 spiro atoms. The number of ether oxygens (including phenoxy) is 2. The van der Waals surface area contributed by atoms with E-state index in [0.29, 0.717) is 5.69 Å². The average Bonchev–Trinajstić information content (AvgIpc) is 3.01. The second kappa shape index (κ2) is 5.30. The van der Waals surface area contributed by atoms with Crippen molar-refractivity contribution in [2.24, 2.45) is 11.8 Å². The average molecular weight is 235 g/mol. The van der Waals surface area contributed by atoms with E-state index in [2.05, 4.69) is 6.92 Å². The zero-order valence-electron chi connectivity index (χ0n) is 10.6. The molecule has 1 aliphatic carbocycles. The maximum atomic E-state index is 5.73. The maximum Gasteiger partial charge on any atom is 0.163 e. The predicted molar refractivity (Wildman–Crippen MR) is 69.4 cm³/mol. The van der Waals surface area contributed by atoms with Gasteiger partial charge in [-0.25, -0.2) is 0 Å². The fraction of sp³-hybridized carbons (Fsp3) is 0.571. The van der Waals surface area contributed by atoms with E-state index in [4.69, 9.17) is 15.2 Å². The third-order valence-corrected chi connectivity index (χ3v) is 3.44. The number of benzene rings is 1. The first-order chi connectivity index (χ1) is 8.20. The molecule has 0 aromatic heterocycles. The minimum absolute atomic E-state index is 0.705.